The molecule has 2 aliphatic rings. The SMILES string of the molecule is Nc1nc(I)nc2c1ncn2[C@@H]1O[C@H](COP(O)(=S)OP(=O)(O)C(Cl)P(=O)(O)OP(O)(=S)OC[C@H]2O[C@@H](n3cnc4c(N)nc(I)nc43)[C@H](O)[C@@H]2O)[C@@H](O)[C@H]1O. The van der Waals surface area contributed by atoms with Gasteiger partial charge in [-0.25, -0.2) is 38.5 Å². The Kier molecular flexibility index (Phi) is 13.6. The fourth-order valence-electron chi connectivity index (χ4n) is 5.33. The van der Waals surface area contributed by atoms with Crippen LogP contribution in [0.15, 0.2) is 12.7 Å². The minimum atomic E-state index is -5.73. The Labute approximate surface area is 354 Å². The number of hydrogen-bond acceptors (Lipinski definition) is 22. The summed E-state index contributed by atoms with van der Waals surface area (Å²) in [6.45, 7) is -11.5. The Morgan fingerprint density at radius 2 is 1.09 bits per heavy atom. The van der Waals surface area contributed by atoms with E-state index in [2.05, 4.69) is 38.5 Å². The lowest BCUT2D eigenvalue weighted by molar-refractivity contribution is -0.0486. The summed E-state index contributed by atoms with van der Waals surface area (Å²) in [6.07, 6.45) is -9.77. The van der Waals surface area contributed by atoms with Crippen LogP contribution in [0.5, 0.6) is 0 Å². The summed E-state index contributed by atoms with van der Waals surface area (Å²) in [6, 6.07) is 0. The number of ether oxygens (including phenoxy) is 2. The second kappa shape index (κ2) is 16.8. The van der Waals surface area contributed by atoms with E-state index in [1.807, 2.05) is 0 Å². The molecular formula is C21H27ClI2N10O16P4S2. The highest BCUT2D eigenvalue weighted by atomic mass is 127. The van der Waals surface area contributed by atoms with E-state index in [9.17, 15) is 49.1 Å². The third-order valence-corrected chi connectivity index (χ3v) is 19.4. The predicted molar refractivity (Wildman–Crippen MR) is 213 cm³/mol. The first-order valence-electron chi connectivity index (χ1n) is 14.9. The molecule has 2 aliphatic heterocycles. The van der Waals surface area contributed by atoms with Crippen LogP contribution in [0.1, 0.15) is 12.5 Å². The van der Waals surface area contributed by atoms with E-state index in [1.54, 1.807) is 45.2 Å². The zero-order valence-electron chi connectivity index (χ0n) is 27.1. The molecular weight excluding hydrogens is 1130 g/mol. The van der Waals surface area contributed by atoms with Gasteiger partial charge >= 0.3 is 28.6 Å². The molecule has 4 aromatic rings. The smallest absolute Gasteiger partial charge is 0.365 e. The molecule has 0 bridgehead atoms. The quantitative estimate of drug-likeness (QED) is 0.0334. The van der Waals surface area contributed by atoms with Crippen LogP contribution in [0, 0.1) is 7.66 Å². The van der Waals surface area contributed by atoms with Crippen molar-refractivity contribution in [2.24, 2.45) is 0 Å². The zero-order valence-corrected chi connectivity index (χ0v) is 37.4. The van der Waals surface area contributed by atoms with Crippen molar-refractivity contribution in [1.82, 2.24) is 39.0 Å². The molecule has 2 saturated heterocycles. The van der Waals surface area contributed by atoms with Gasteiger partial charge in [0.05, 0.1) is 25.9 Å². The first-order chi connectivity index (χ1) is 25.9. The molecule has 4 aromatic heterocycles. The fraction of sp³-hybridized carbons (Fsp3) is 0.524. The first kappa shape index (κ1) is 45.2. The number of hydrogen-bond donors (Lipinski definition) is 10. The van der Waals surface area contributed by atoms with Crippen molar-refractivity contribution in [2.75, 3.05) is 24.7 Å². The number of nitrogens with zero attached hydrogens (tertiary/aromatic N) is 8. The molecule has 6 heterocycles. The summed E-state index contributed by atoms with van der Waals surface area (Å²) in [5.41, 5.74) is 12.4. The maximum atomic E-state index is 13.0. The normalized spacial score (nSPS) is 30.6. The number of alkyl halides is 1. The molecule has 0 radical (unpaired) electrons. The van der Waals surface area contributed by atoms with Gasteiger partial charge in [-0.1, -0.05) is 11.6 Å². The highest BCUT2D eigenvalue weighted by Gasteiger charge is 2.53. The zero-order chi connectivity index (χ0) is 41.3. The standard InChI is InChI=1S/C21H27ClI2N10O16P4S2/c22-19(51(39,40)49-53(43,55)45-1-5-9(35)11(37)17(47-5)33-3-27-7-13(25)29-20(23)31-15(7)33)52(41,42)50-54(44,56)46-2-6-10(36)12(38)18(48-6)34-4-28-8-14(26)30-21(24)32-16(8)34/h3-6,9-12,17-19,35-38H,1-2H2,(H,39,40)(H,41,42)(H,43,55)(H,44,56)(H2,25,29,31)(H2,26,30,32)/t5-,6-,9-,10-,11-,12-,17-,18-,19?,53?,54?/m1/s1. The largest absolute Gasteiger partial charge is 0.387 e. The summed E-state index contributed by atoms with van der Waals surface area (Å²) in [5.74, 6) is 0.0676. The van der Waals surface area contributed by atoms with Gasteiger partial charge in [0.1, 0.15) is 47.7 Å². The van der Waals surface area contributed by atoms with Crippen LogP contribution >= 0.6 is 85.4 Å². The van der Waals surface area contributed by atoms with Crippen LogP contribution in [-0.2, 0) is 59.9 Å². The van der Waals surface area contributed by atoms with Crippen LogP contribution in [0.2, 0.25) is 0 Å². The molecule has 6 rings (SSSR count). The molecule has 35 heteroatoms. The summed E-state index contributed by atoms with van der Waals surface area (Å²) >= 11 is 18.9. The maximum Gasteiger partial charge on any atom is 0.365 e. The number of aliphatic hydroxyl groups is 4. The molecule has 12 atom stereocenters. The van der Waals surface area contributed by atoms with Crippen LogP contribution in [0.3, 0.4) is 0 Å². The molecule has 56 heavy (non-hydrogen) atoms. The molecule has 0 spiro atoms. The topological polar surface area (TPSA) is 391 Å². The van der Waals surface area contributed by atoms with Gasteiger partial charge in [0, 0.05) is 45.2 Å². The van der Waals surface area contributed by atoms with Crippen molar-refractivity contribution in [2.45, 2.75) is 53.9 Å². The molecule has 26 nitrogen and oxygen atoms in total. The second-order valence-electron chi connectivity index (χ2n) is 11.6. The average Bonchev–Trinajstić information content (AvgIpc) is 3.83. The van der Waals surface area contributed by atoms with Crippen molar-refractivity contribution in [1.29, 1.82) is 0 Å². The molecule has 0 aromatic carbocycles. The van der Waals surface area contributed by atoms with E-state index in [1.165, 1.54) is 21.8 Å². The van der Waals surface area contributed by atoms with Crippen molar-refractivity contribution >= 4 is 143 Å². The Hall–Kier alpha value is -0.350. The van der Waals surface area contributed by atoms with E-state index in [4.69, 9.17) is 65.2 Å². The highest BCUT2D eigenvalue weighted by molar-refractivity contribution is 14.1. The fourth-order valence-corrected chi connectivity index (χ4v) is 15.3. The summed E-state index contributed by atoms with van der Waals surface area (Å²) in [5, 5.41) is 42.6. The molecule has 4 unspecified atom stereocenters. The van der Waals surface area contributed by atoms with Gasteiger partial charge in [0.2, 0.25) is 4.86 Å². The number of aromatic nitrogens is 8. The lowest BCUT2D eigenvalue weighted by Crippen LogP contribution is -2.33. The van der Waals surface area contributed by atoms with Crippen LogP contribution in [0.4, 0.5) is 11.6 Å². The summed E-state index contributed by atoms with van der Waals surface area (Å²) < 4.78 is 59.5. The average molecular weight is 1150 g/mol. The number of nitrogen functional groups attached to an aromatic ring is 2. The molecule has 0 amide bonds. The molecule has 0 saturated carbocycles. The third kappa shape index (κ3) is 9.42. The van der Waals surface area contributed by atoms with Crippen LogP contribution in [-0.4, -0.2) is 134 Å². The molecule has 2 fully saturated rings. The number of rotatable bonds is 14. The molecule has 0 aliphatic carbocycles. The lowest BCUT2D eigenvalue weighted by atomic mass is 10.1. The Morgan fingerprint density at radius 1 is 0.732 bits per heavy atom. The van der Waals surface area contributed by atoms with Gasteiger partial charge in [0.15, 0.2) is 43.0 Å². The van der Waals surface area contributed by atoms with Crippen LogP contribution in [0.25, 0.3) is 22.3 Å². The van der Waals surface area contributed by atoms with E-state index < -0.39 is 95.8 Å². The number of fused-ring (bicyclic) bond motifs is 2. The first-order valence-corrected chi connectivity index (χ1v) is 26.0. The minimum absolute atomic E-state index is 0.0338. The van der Waals surface area contributed by atoms with Gasteiger partial charge in [-0.2, -0.15) is 0 Å². The van der Waals surface area contributed by atoms with Gasteiger partial charge < -0.3 is 70.0 Å². The van der Waals surface area contributed by atoms with E-state index in [0.29, 0.717) is 0 Å². The van der Waals surface area contributed by atoms with E-state index >= 15 is 0 Å². The number of aliphatic hydroxyl groups excluding tert-OH is 4. The van der Waals surface area contributed by atoms with E-state index in [0.717, 1.165) is 0 Å². The maximum absolute atomic E-state index is 13.0. The monoisotopic (exact) mass is 1150 g/mol. The predicted octanol–water partition coefficient (Wildman–Crippen LogP) is -0.329. The third-order valence-electron chi connectivity index (χ3n) is 7.85. The number of imidazole rings is 2. The van der Waals surface area contributed by atoms with Crippen LogP contribution < -0.4 is 11.5 Å². The number of nitrogens with two attached hydrogens (primary N) is 2. The number of halogens is 3. The van der Waals surface area contributed by atoms with Gasteiger partial charge in [-0.3, -0.25) is 18.3 Å². The molecule has 12 N–H and O–H groups in total. The lowest BCUT2D eigenvalue weighted by Gasteiger charge is -2.27. The second-order valence-corrected chi connectivity index (χ2v) is 24.8. The summed E-state index contributed by atoms with van der Waals surface area (Å²) in [7, 11) is -11.5. The van der Waals surface area contributed by atoms with Gasteiger partial charge in [-0.15, -0.1) is 0 Å². The van der Waals surface area contributed by atoms with Crippen molar-refractivity contribution in [3.8, 4) is 0 Å². The van der Waals surface area contributed by atoms with Gasteiger partial charge in [-0.05, 0) is 23.6 Å². The Morgan fingerprint density at radius 3 is 1.45 bits per heavy atom. The summed E-state index contributed by atoms with van der Waals surface area (Å²) in [4.78, 5) is 63.6. The Bertz CT molecular complexity index is 2200. The molecule has 310 valence electrons. The van der Waals surface area contributed by atoms with Gasteiger partial charge in [0.25, 0.3) is 0 Å². The van der Waals surface area contributed by atoms with E-state index in [-0.39, 0.29) is 41.6 Å². The van der Waals surface area contributed by atoms with Crippen molar-refractivity contribution in [3.63, 3.8) is 0 Å². The highest BCUT2D eigenvalue weighted by Crippen LogP contribution is 2.76. The Balaban J connectivity index is 1.04. The van der Waals surface area contributed by atoms with Crippen molar-refractivity contribution in [3.05, 3.63) is 20.3 Å². The minimum Gasteiger partial charge on any atom is -0.387 e. The number of anilines is 2. The van der Waals surface area contributed by atoms with Crippen molar-refractivity contribution < 1.29 is 76.3 Å².